The average Bonchev–Trinajstić information content (AvgIpc) is 3.64. The highest BCUT2D eigenvalue weighted by molar-refractivity contribution is 7.90. The maximum atomic E-state index is 13.5. The molecule has 0 bridgehead atoms. The SMILES string of the molecule is Cc1ccc(-c2cc(C(F)(F)F)nn2-c2ccc(S(=O)(=O)NC(=O)OCC3CCN(/N=N\OCOC(=O)C(C)C)C3)cc2)cc1. The Bertz CT molecular complexity index is 1630. The predicted octanol–water partition coefficient (Wildman–Crippen LogP) is 5.06. The third kappa shape index (κ3) is 8.93. The summed E-state index contributed by atoms with van der Waals surface area (Å²) in [6, 6.07) is 12.6. The van der Waals surface area contributed by atoms with Crippen LogP contribution in [0.5, 0.6) is 0 Å². The third-order valence-electron chi connectivity index (χ3n) is 6.62. The third-order valence-corrected chi connectivity index (χ3v) is 7.95. The van der Waals surface area contributed by atoms with Gasteiger partial charge in [0.1, 0.15) is 0 Å². The minimum atomic E-state index is -4.70. The highest BCUT2D eigenvalue weighted by atomic mass is 32.2. The summed E-state index contributed by atoms with van der Waals surface area (Å²) in [6.07, 6.45) is -5.31. The van der Waals surface area contributed by atoms with E-state index in [1.165, 1.54) is 12.1 Å². The molecule has 13 nitrogen and oxygen atoms in total. The molecule has 1 atom stereocenters. The Kier molecular flexibility index (Phi) is 10.3. The van der Waals surface area contributed by atoms with Gasteiger partial charge in [0.05, 0.1) is 28.8 Å². The van der Waals surface area contributed by atoms with Crippen molar-refractivity contribution in [1.29, 1.82) is 0 Å². The molecule has 1 N–H and O–H groups in total. The van der Waals surface area contributed by atoms with Gasteiger partial charge in [-0.2, -0.15) is 18.3 Å². The summed E-state index contributed by atoms with van der Waals surface area (Å²) >= 11 is 0. The van der Waals surface area contributed by atoms with Crippen LogP contribution >= 0.6 is 0 Å². The van der Waals surface area contributed by atoms with E-state index in [4.69, 9.17) is 14.3 Å². The van der Waals surface area contributed by atoms with Gasteiger partial charge in [0, 0.05) is 29.8 Å². The first kappa shape index (κ1) is 33.2. The van der Waals surface area contributed by atoms with E-state index in [0.29, 0.717) is 25.1 Å². The van der Waals surface area contributed by atoms with Gasteiger partial charge < -0.3 is 14.3 Å². The van der Waals surface area contributed by atoms with Crippen LogP contribution in [0, 0.1) is 18.8 Å². The van der Waals surface area contributed by atoms with Crippen LogP contribution in [0.2, 0.25) is 0 Å². The minimum Gasteiger partial charge on any atom is -0.448 e. The molecule has 1 saturated heterocycles. The molecule has 45 heavy (non-hydrogen) atoms. The molecule has 1 aliphatic heterocycles. The maximum Gasteiger partial charge on any atom is 0.435 e. The van der Waals surface area contributed by atoms with Crippen molar-refractivity contribution in [3.05, 3.63) is 65.9 Å². The molecule has 0 spiro atoms. The van der Waals surface area contributed by atoms with Crippen LogP contribution in [0.4, 0.5) is 18.0 Å². The van der Waals surface area contributed by atoms with Crippen LogP contribution in [0.15, 0.2) is 70.0 Å². The summed E-state index contributed by atoms with van der Waals surface area (Å²) in [5.41, 5.74) is 0.628. The number of aryl methyl sites for hydroxylation is 1. The Labute approximate surface area is 256 Å². The molecule has 2 aromatic carbocycles. The number of hydrogen-bond acceptors (Lipinski definition) is 10. The fourth-order valence-electron chi connectivity index (χ4n) is 4.19. The van der Waals surface area contributed by atoms with Crippen LogP contribution < -0.4 is 4.72 Å². The van der Waals surface area contributed by atoms with Gasteiger partial charge in [-0.15, -0.1) is 0 Å². The van der Waals surface area contributed by atoms with Crippen LogP contribution in [-0.4, -0.2) is 61.8 Å². The van der Waals surface area contributed by atoms with Gasteiger partial charge in [-0.1, -0.05) is 43.7 Å². The smallest absolute Gasteiger partial charge is 0.435 e. The van der Waals surface area contributed by atoms with Crippen LogP contribution in [0.1, 0.15) is 31.5 Å². The molecule has 17 heteroatoms. The number of benzene rings is 2. The van der Waals surface area contributed by atoms with Crippen molar-refractivity contribution in [3.8, 4) is 16.9 Å². The topological polar surface area (TPSA) is 154 Å². The molecule has 0 radical (unpaired) electrons. The first-order chi connectivity index (χ1) is 21.2. The molecule has 1 fully saturated rings. The summed E-state index contributed by atoms with van der Waals surface area (Å²) in [4.78, 5) is 28.1. The summed E-state index contributed by atoms with van der Waals surface area (Å²) in [6.45, 7) is 5.55. The first-order valence-corrected chi connectivity index (χ1v) is 15.2. The Morgan fingerprint density at radius 2 is 1.78 bits per heavy atom. The second-order valence-electron chi connectivity index (χ2n) is 10.5. The predicted molar refractivity (Wildman–Crippen MR) is 152 cm³/mol. The van der Waals surface area contributed by atoms with Gasteiger partial charge in [-0.05, 0) is 48.9 Å². The van der Waals surface area contributed by atoms with Gasteiger partial charge in [0.25, 0.3) is 16.8 Å². The number of aromatic nitrogens is 2. The largest absolute Gasteiger partial charge is 0.448 e. The Morgan fingerprint density at radius 1 is 1.09 bits per heavy atom. The monoisotopic (exact) mass is 652 g/mol. The lowest BCUT2D eigenvalue weighted by Gasteiger charge is -2.13. The molecule has 1 unspecified atom stereocenters. The van der Waals surface area contributed by atoms with Crippen LogP contribution in [-0.2, 0) is 35.3 Å². The Balaban J connectivity index is 1.32. The number of nitrogens with one attached hydrogen (secondary N) is 1. The molecule has 1 aliphatic rings. The van der Waals surface area contributed by atoms with Gasteiger partial charge in [-0.3, -0.25) is 9.80 Å². The second-order valence-corrected chi connectivity index (χ2v) is 12.2. The Morgan fingerprint density at radius 3 is 2.42 bits per heavy atom. The fourth-order valence-corrected chi connectivity index (χ4v) is 5.08. The van der Waals surface area contributed by atoms with Gasteiger partial charge in [-0.25, -0.2) is 22.6 Å². The number of carbonyl (C=O) groups excluding carboxylic acids is 2. The van der Waals surface area contributed by atoms with Gasteiger partial charge in [0.15, 0.2) is 5.69 Å². The summed E-state index contributed by atoms with van der Waals surface area (Å²) in [5.74, 6) is -0.902. The number of halogens is 3. The highest BCUT2D eigenvalue weighted by Crippen LogP contribution is 2.33. The van der Waals surface area contributed by atoms with Gasteiger partial charge in [0.2, 0.25) is 0 Å². The lowest BCUT2D eigenvalue weighted by molar-refractivity contribution is -0.161. The maximum absolute atomic E-state index is 13.5. The molecule has 1 aromatic heterocycles. The molecule has 4 rings (SSSR count). The van der Waals surface area contributed by atoms with Crippen molar-refractivity contribution >= 4 is 22.1 Å². The molecule has 2 heterocycles. The lowest BCUT2D eigenvalue weighted by Crippen LogP contribution is -2.32. The standard InChI is InChI=1S/C28H31F3N6O7S/c1-18(2)26(38)43-17-44-35-34-36-13-12-20(15-36)16-42-27(39)33-45(40,41)23-10-8-22(9-11-23)37-24(14-25(32-37)28(29,30)31)21-6-4-19(3)5-7-21/h4-11,14,18,20H,12-13,15-17H2,1-3H3,(H,33,39)/b35-34-. The summed E-state index contributed by atoms with van der Waals surface area (Å²) < 4.78 is 78.8. The van der Waals surface area contributed by atoms with E-state index in [9.17, 15) is 31.2 Å². The summed E-state index contributed by atoms with van der Waals surface area (Å²) in [5, 5.41) is 12.6. The molecular weight excluding hydrogens is 621 g/mol. The van der Waals surface area contributed by atoms with Crippen molar-refractivity contribution < 1.29 is 45.5 Å². The summed E-state index contributed by atoms with van der Waals surface area (Å²) in [7, 11) is -4.36. The zero-order valence-electron chi connectivity index (χ0n) is 24.5. The quantitative estimate of drug-likeness (QED) is 0.0985. The Hall–Kier alpha value is -4.67. The van der Waals surface area contributed by atoms with E-state index in [-0.39, 0.29) is 41.5 Å². The van der Waals surface area contributed by atoms with Crippen molar-refractivity contribution in [1.82, 2.24) is 19.5 Å². The molecule has 242 valence electrons. The number of hydrogen-bond donors (Lipinski definition) is 1. The van der Waals surface area contributed by atoms with E-state index in [1.807, 2.05) is 11.6 Å². The van der Waals surface area contributed by atoms with E-state index >= 15 is 0 Å². The number of rotatable bonds is 11. The fraction of sp³-hybridized carbons (Fsp3) is 0.393. The second kappa shape index (κ2) is 14.0. The van der Waals surface area contributed by atoms with E-state index in [1.54, 1.807) is 43.1 Å². The number of sulfonamides is 1. The van der Waals surface area contributed by atoms with Crippen molar-refractivity contribution in [2.45, 2.75) is 38.3 Å². The molecule has 0 saturated carbocycles. The molecule has 1 amide bonds. The molecule has 3 aromatic rings. The minimum absolute atomic E-state index is 0.0954. The highest BCUT2D eigenvalue weighted by Gasteiger charge is 2.35. The van der Waals surface area contributed by atoms with Gasteiger partial charge >= 0.3 is 18.2 Å². The van der Waals surface area contributed by atoms with E-state index in [2.05, 4.69) is 15.6 Å². The van der Waals surface area contributed by atoms with Crippen molar-refractivity contribution in [2.24, 2.45) is 22.3 Å². The van der Waals surface area contributed by atoms with Crippen LogP contribution in [0.25, 0.3) is 16.9 Å². The van der Waals surface area contributed by atoms with Crippen LogP contribution in [0.3, 0.4) is 0 Å². The first-order valence-electron chi connectivity index (χ1n) is 13.7. The number of nitrogens with zero attached hydrogens (tertiary/aromatic N) is 5. The van der Waals surface area contributed by atoms with Crippen molar-refractivity contribution in [2.75, 3.05) is 26.5 Å². The number of alkyl halides is 3. The lowest BCUT2D eigenvalue weighted by atomic mass is 10.1. The zero-order valence-corrected chi connectivity index (χ0v) is 25.3. The molecular formula is C28H31F3N6O7S. The van der Waals surface area contributed by atoms with E-state index in [0.717, 1.165) is 28.4 Å². The molecule has 0 aliphatic carbocycles. The van der Waals surface area contributed by atoms with E-state index < -0.39 is 34.0 Å². The normalized spacial score (nSPS) is 15.4. The number of ether oxygens (including phenoxy) is 2. The number of esters is 1. The van der Waals surface area contributed by atoms with Crippen molar-refractivity contribution in [3.63, 3.8) is 0 Å². The zero-order chi connectivity index (χ0) is 32.8. The average molecular weight is 653 g/mol. The number of amides is 1. The number of carbonyl (C=O) groups is 2.